The summed E-state index contributed by atoms with van der Waals surface area (Å²) in [5, 5.41) is 5.57. The average Bonchev–Trinajstić information content (AvgIpc) is 3.35. The Balaban J connectivity index is 1.58. The van der Waals surface area contributed by atoms with Crippen LogP contribution in [0.1, 0.15) is 38.1 Å². The summed E-state index contributed by atoms with van der Waals surface area (Å²) < 4.78 is 15.9. The lowest BCUT2D eigenvalue weighted by Gasteiger charge is -2.23. The molecule has 4 aromatic rings. The van der Waals surface area contributed by atoms with E-state index in [4.69, 9.17) is 10.7 Å². The molecule has 0 aliphatic heterocycles. The van der Waals surface area contributed by atoms with E-state index in [1.165, 1.54) is 17.7 Å². The van der Waals surface area contributed by atoms with Crippen LogP contribution in [0.25, 0.3) is 32.7 Å². The van der Waals surface area contributed by atoms with Crippen molar-refractivity contribution in [1.82, 2.24) is 24.7 Å². The smallest absolute Gasteiger partial charge is 0.128 e. The molecule has 0 spiro atoms. The van der Waals surface area contributed by atoms with Crippen molar-refractivity contribution < 1.29 is 4.21 Å². The van der Waals surface area contributed by atoms with Crippen LogP contribution in [0, 0.1) is 0 Å². The first-order valence-electron chi connectivity index (χ1n) is 10.1. The second kappa shape index (κ2) is 6.95. The number of anilines is 1. The molecule has 1 unspecified atom stereocenters. The molecule has 2 N–H and O–H groups in total. The lowest BCUT2D eigenvalue weighted by Crippen LogP contribution is -2.23. The number of nitrogen functional groups attached to an aromatic ring is 1. The third-order valence-electron chi connectivity index (χ3n) is 5.90. The van der Waals surface area contributed by atoms with E-state index in [-0.39, 0.29) is 5.25 Å². The molecule has 9 heteroatoms. The van der Waals surface area contributed by atoms with Crippen LogP contribution in [0.5, 0.6) is 0 Å². The molecule has 152 valence electrons. The predicted molar refractivity (Wildman–Crippen MR) is 119 cm³/mol. The normalized spacial score (nSPS) is 17.9. The fourth-order valence-corrected chi connectivity index (χ4v) is 7.12. The Kier molecular flexibility index (Phi) is 4.21. The average molecular weight is 437 g/mol. The molecule has 0 saturated heterocycles. The number of nitrogens with zero attached hydrogens (tertiary/aromatic N) is 5. The van der Waals surface area contributed by atoms with Gasteiger partial charge in [0.1, 0.15) is 15.4 Å². The van der Waals surface area contributed by atoms with Crippen molar-refractivity contribution in [3.05, 3.63) is 37.1 Å². The van der Waals surface area contributed by atoms with Gasteiger partial charge in [0, 0.05) is 34.8 Å². The topological polar surface area (TPSA) is 99.6 Å². The van der Waals surface area contributed by atoms with Gasteiger partial charge in [-0.3, -0.25) is 8.89 Å². The molecule has 0 radical (unpaired) electrons. The molecule has 1 atom stereocenters. The standard InChI is InChI=1S/C21H20N6OS2/c22-19-18-15(12-9-23-11-24-10-12)8-16(17-6-7-25-27(17)13-4-5-13)26-20(18)29-21(19)30(28)14-2-1-3-14/h6-11,13-14H,1-5,22H2. The molecule has 2 fully saturated rings. The highest BCUT2D eigenvalue weighted by Gasteiger charge is 2.31. The Morgan fingerprint density at radius 2 is 1.97 bits per heavy atom. The van der Waals surface area contributed by atoms with Gasteiger partial charge < -0.3 is 5.73 Å². The molecular weight excluding hydrogens is 416 g/mol. The summed E-state index contributed by atoms with van der Waals surface area (Å²) >= 11 is 1.45. The van der Waals surface area contributed by atoms with E-state index in [1.54, 1.807) is 12.4 Å². The van der Waals surface area contributed by atoms with Crippen molar-refractivity contribution in [2.45, 2.75) is 47.6 Å². The van der Waals surface area contributed by atoms with Gasteiger partial charge in [-0.05, 0) is 43.4 Å². The molecule has 0 aromatic carbocycles. The van der Waals surface area contributed by atoms with Crippen molar-refractivity contribution in [3.8, 4) is 22.5 Å². The van der Waals surface area contributed by atoms with E-state index in [0.29, 0.717) is 11.7 Å². The highest BCUT2D eigenvalue weighted by molar-refractivity contribution is 7.88. The molecule has 0 amide bonds. The van der Waals surface area contributed by atoms with Gasteiger partial charge >= 0.3 is 0 Å². The van der Waals surface area contributed by atoms with Gasteiger partial charge in [0.15, 0.2) is 0 Å². The summed E-state index contributed by atoms with van der Waals surface area (Å²) in [6.45, 7) is 0. The molecule has 7 nitrogen and oxygen atoms in total. The summed E-state index contributed by atoms with van der Waals surface area (Å²) in [4.78, 5) is 14.1. The molecular formula is C21H20N6OS2. The van der Waals surface area contributed by atoms with Crippen molar-refractivity contribution in [1.29, 1.82) is 0 Å². The highest BCUT2D eigenvalue weighted by atomic mass is 32.2. The summed E-state index contributed by atoms with van der Waals surface area (Å²) in [6.07, 6.45) is 12.3. The molecule has 30 heavy (non-hydrogen) atoms. The third-order valence-corrected chi connectivity index (χ3v) is 9.20. The maximum atomic E-state index is 13.1. The second-order valence-electron chi connectivity index (χ2n) is 7.91. The van der Waals surface area contributed by atoms with E-state index in [0.717, 1.165) is 69.0 Å². The van der Waals surface area contributed by atoms with E-state index >= 15 is 0 Å². The summed E-state index contributed by atoms with van der Waals surface area (Å²) in [5.41, 5.74) is 10.8. The lowest BCUT2D eigenvalue weighted by atomic mass is 10.0. The van der Waals surface area contributed by atoms with E-state index in [2.05, 4.69) is 19.7 Å². The van der Waals surface area contributed by atoms with Gasteiger partial charge in [-0.1, -0.05) is 6.42 Å². The summed E-state index contributed by atoms with van der Waals surface area (Å²) in [7, 11) is -1.09. The molecule has 2 saturated carbocycles. The number of fused-ring (bicyclic) bond motifs is 1. The lowest BCUT2D eigenvalue weighted by molar-refractivity contribution is 0.505. The first-order chi connectivity index (χ1) is 14.7. The zero-order chi connectivity index (χ0) is 20.2. The Morgan fingerprint density at radius 3 is 2.67 bits per heavy atom. The molecule has 2 aliphatic rings. The second-order valence-corrected chi connectivity index (χ2v) is 10.8. The van der Waals surface area contributed by atoms with E-state index in [1.807, 2.05) is 18.3 Å². The fraction of sp³-hybridized carbons (Fsp3) is 0.333. The third kappa shape index (κ3) is 2.87. The Labute approximate surface area is 179 Å². The van der Waals surface area contributed by atoms with E-state index < -0.39 is 10.8 Å². The largest absolute Gasteiger partial charge is 0.396 e. The Bertz CT molecular complexity index is 1270. The van der Waals surface area contributed by atoms with Crippen molar-refractivity contribution in [2.75, 3.05) is 5.73 Å². The molecule has 6 rings (SSSR count). The van der Waals surface area contributed by atoms with Gasteiger partial charge in [-0.2, -0.15) is 5.10 Å². The number of hydrogen-bond donors (Lipinski definition) is 1. The van der Waals surface area contributed by atoms with Crippen LogP contribution in [0.3, 0.4) is 0 Å². The van der Waals surface area contributed by atoms with Gasteiger partial charge in [0.25, 0.3) is 0 Å². The van der Waals surface area contributed by atoms with Gasteiger partial charge in [-0.25, -0.2) is 15.0 Å². The summed E-state index contributed by atoms with van der Waals surface area (Å²) in [5.74, 6) is 0. The van der Waals surface area contributed by atoms with Crippen molar-refractivity contribution >= 4 is 38.0 Å². The fourth-order valence-electron chi connectivity index (χ4n) is 3.91. The number of rotatable bonds is 5. The maximum Gasteiger partial charge on any atom is 0.128 e. The quantitative estimate of drug-likeness (QED) is 0.503. The Hall–Kier alpha value is -2.65. The first-order valence-corrected chi connectivity index (χ1v) is 12.2. The Morgan fingerprint density at radius 1 is 1.17 bits per heavy atom. The number of aromatic nitrogens is 5. The number of thiophene rings is 1. The maximum absolute atomic E-state index is 13.1. The van der Waals surface area contributed by atoms with Crippen LogP contribution in [0.15, 0.2) is 41.3 Å². The monoisotopic (exact) mass is 436 g/mol. The van der Waals surface area contributed by atoms with Crippen LogP contribution < -0.4 is 5.73 Å². The minimum Gasteiger partial charge on any atom is -0.396 e. The zero-order valence-electron chi connectivity index (χ0n) is 16.2. The first kappa shape index (κ1) is 18.1. The van der Waals surface area contributed by atoms with E-state index in [9.17, 15) is 4.21 Å². The molecule has 4 heterocycles. The van der Waals surface area contributed by atoms with Crippen LogP contribution in [-0.2, 0) is 10.8 Å². The SMILES string of the molecule is Nc1c(S(=O)C2CCC2)sc2nc(-c3ccnn3C3CC3)cc(-c3cncnc3)c12. The summed E-state index contributed by atoms with van der Waals surface area (Å²) in [6, 6.07) is 4.49. The number of hydrogen-bond acceptors (Lipinski definition) is 7. The molecule has 2 aliphatic carbocycles. The molecule has 0 bridgehead atoms. The van der Waals surface area contributed by atoms with Gasteiger partial charge in [0.2, 0.25) is 0 Å². The van der Waals surface area contributed by atoms with Gasteiger partial charge in [-0.15, -0.1) is 11.3 Å². The van der Waals surface area contributed by atoms with Crippen LogP contribution >= 0.6 is 11.3 Å². The van der Waals surface area contributed by atoms with Crippen molar-refractivity contribution in [3.63, 3.8) is 0 Å². The number of pyridine rings is 1. The van der Waals surface area contributed by atoms with Crippen molar-refractivity contribution in [2.24, 2.45) is 0 Å². The number of nitrogens with two attached hydrogens (primary N) is 1. The minimum absolute atomic E-state index is 0.208. The zero-order valence-corrected chi connectivity index (χ0v) is 17.8. The highest BCUT2D eigenvalue weighted by Crippen LogP contribution is 2.45. The van der Waals surface area contributed by atoms with Crippen LogP contribution in [0.4, 0.5) is 5.69 Å². The molecule has 4 aromatic heterocycles. The van der Waals surface area contributed by atoms with Crippen LogP contribution in [-0.4, -0.2) is 34.2 Å². The predicted octanol–water partition coefficient (Wildman–Crippen LogP) is 4.19. The minimum atomic E-state index is -1.09. The van der Waals surface area contributed by atoms with Crippen LogP contribution in [0.2, 0.25) is 0 Å². The van der Waals surface area contributed by atoms with Gasteiger partial charge in [0.05, 0.1) is 33.9 Å².